The van der Waals surface area contributed by atoms with Gasteiger partial charge in [-0.1, -0.05) is 0 Å². The predicted octanol–water partition coefficient (Wildman–Crippen LogP) is -1.48. The van der Waals surface area contributed by atoms with Gasteiger partial charge in [0.1, 0.15) is 12.1 Å². The number of hydrogen-bond acceptors (Lipinski definition) is 6. The van der Waals surface area contributed by atoms with Crippen molar-refractivity contribution < 1.29 is 39.3 Å². The van der Waals surface area contributed by atoms with E-state index >= 15 is 0 Å². The zero-order valence-electron chi connectivity index (χ0n) is 14.1. The molecule has 2 amide bonds. The van der Waals surface area contributed by atoms with Crippen molar-refractivity contribution in [2.24, 2.45) is 0 Å². The molecule has 146 valence electrons. The average Bonchev–Trinajstić information content (AvgIpc) is 3.08. The third kappa shape index (κ3) is 7.47. The van der Waals surface area contributed by atoms with Crippen LogP contribution in [0.2, 0.25) is 0 Å². The first kappa shape index (κ1) is 21.4. The number of nitrogens with one attached hydrogen (secondary N) is 3. The van der Waals surface area contributed by atoms with Gasteiger partial charge in [0.05, 0.1) is 6.04 Å². The molecule has 0 aromatic rings. The first-order chi connectivity index (χ1) is 12.2. The second-order valence-corrected chi connectivity index (χ2v) is 5.97. The van der Waals surface area contributed by atoms with Gasteiger partial charge >= 0.3 is 17.9 Å². The molecule has 0 aromatic heterocycles. The lowest BCUT2D eigenvalue weighted by molar-refractivity contribution is -0.144. The summed E-state index contributed by atoms with van der Waals surface area (Å²) < 4.78 is 0. The fourth-order valence-corrected chi connectivity index (χ4v) is 2.51. The van der Waals surface area contributed by atoms with Gasteiger partial charge in [0.15, 0.2) is 0 Å². The third-order valence-electron chi connectivity index (χ3n) is 3.92. The van der Waals surface area contributed by atoms with Crippen molar-refractivity contribution in [1.82, 2.24) is 16.0 Å². The van der Waals surface area contributed by atoms with Crippen molar-refractivity contribution in [1.29, 1.82) is 0 Å². The molecular weight excluding hydrogens is 350 g/mol. The van der Waals surface area contributed by atoms with E-state index in [1.165, 1.54) is 0 Å². The maximum Gasteiger partial charge on any atom is 0.326 e. The van der Waals surface area contributed by atoms with Crippen molar-refractivity contribution in [3.05, 3.63) is 0 Å². The number of carboxylic acids is 3. The molecule has 0 saturated carbocycles. The number of carbonyl (C=O) groups is 5. The van der Waals surface area contributed by atoms with E-state index in [1.807, 2.05) is 0 Å². The zero-order valence-corrected chi connectivity index (χ0v) is 14.1. The summed E-state index contributed by atoms with van der Waals surface area (Å²) in [6.07, 6.45) is -0.0420. The van der Waals surface area contributed by atoms with E-state index in [1.54, 1.807) is 0 Å². The van der Waals surface area contributed by atoms with E-state index in [2.05, 4.69) is 16.0 Å². The second-order valence-electron chi connectivity index (χ2n) is 5.97. The molecule has 1 aliphatic heterocycles. The molecule has 1 saturated heterocycles. The Bertz CT molecular complexity index is 559. The molecular formula is C15H23N3O8. The van der Waals surface area contributed by atoms with Crippen LogP contribution in [0.15, 0.2) is 0 Å². The largest absolute Gasteiger partial charge is 0.481 e. The van der Waals surface area contributed by atoms with Gasteiger partial charge in [0.2, 0.25) is 11.8 Å². The Morgan fingerprint density at radius 3 is 1.96 bits per heavy atom. The highest BCUT2D eigenvalue weighted by Gasteiger charge is 2.30. The summed E-state index contributed by atoms with van der Waals surface area (Å²) in [6.45, 7) is 0.653. The lowest BCUT2D eigenvalue weighted by Crippen LogP contribution is -2.54. The average molecular weight is 373 g/mol. The molecule has 0 aromatic carbocycles. The summed E-state index contributed by atoms with van der Waals surface area (Å²) in [7, 11) is 0. The van der Waals surface area contributed by atoms with Gasteiger partial charge in [-0.2, -0.15) is 0 Å². The van der Waals surface area contributed by atoms with Gasteiger partial charge in [-0.15, -0.1) is 0 Å². The van der Waals surface area contributed by atoms with E-state index in [-0.39, 0.29) is 12.8 Å². The smallest absolute Gasteiger partial charge is 0.326 e. The zero-order chi connectivity index (χ0) is 19.7. The van der Waals surface area contributed by atoms with Crippen molar-refractivity contribution in [2.75, 3.05) is 6.54 Å². The summed E-state index contributed by atoms with van der Waals surface area (Å²) in [5.74, 6) is -5.13. The molecule has 0 aliphatic carbocycles. The minimum atomic E-state index is -1.45. The van der Waals surface area contributed by atoms with Crippen LogP contribution in [0.4, 0.5) is 0 Å². The maximum absolute atomic E-state index is 12.3. The van der Waals surface area contributed by atoms with Crippen LogP contribution in [-0.4, -0.2) is 69.7 Å². The highest BCUT2D eigenvalue weighted by atomic mass is 16.4. The molecule has 1 rings (SSSR count). The van der Waals surface area contributed by atoms with Gasteiger partial charge in [-0.25, -0.2) is 4.79 Å². The molecule has 0 unspecified atom stereocenters. The second kappa shape index (κ2) is 10.3. The molecule has 11 heteroatoms. The number of rotatable bonds is 11. The Morgan fingerprint density at radius 2 is 1.50 bits per heavy atom. The van der Waals surface area contributed by atoms with Crippen molar-refractivity contribution in [3.8, 4) is 0 Å². The number of amides is 2. The molecule has 0 bridgehead atoms. The highest BCUT2D eigenvalue weighted by molar-refractivity contribution is 5.92. The summed E-state index contributed by atoms with van der Waals surface area (Å²) in [6, 6.07) is -3.17. The third-order valence-corrected chi connectivity index (χ3v) is 3.92. The van der Waals surface area contributed by atoms with Gasteiger partial charge in [0, 0.05) is 12.8 Å². The standard InChI is InChI=1S/C15H23N3O8/c19-11(20)5-3-9(17-13(23)8-2-1-7-16-8)14(24)18-10(15(25)26)4-6-12(21)22/h8-10,16H,1-7H2,(H,17,23)(H,18,24)(H,19,20)(H,21,22)(H,25,26)/t8-,9-,10-/m0/s1. The van der Waals surface area contributed by atoms with Crippen LogP contribution in [0.3, 0.4) is 0 Å². The van der Waals surface area contributed by atoms with E-state index in [9.17, 15) is 24.0 Å². The molecule has 26 heavy (non-hydrogen) atoms. The van der Waals surface area contributed by atoms with E-state index in [4.69, 9.17) is 15.3 Å². The van der Waals surface area contributed by atoms with E-state index in [0.29, 0.717) is 13.0 Å². The summed E-state index contributed by atoms with van der Waals surface area (Å²) in [5.41, 5.74) is 0. The molecule has 0 radical (unpaired) electrons. The molecule has 11 nitrogen and oxygen atoms in total. The van der Waals surface area contributed by atoms with Gasteiger partial charge < -0.3 is 31.3 Å². The van der Waals surface area contributed by atoms with Gasteiger partial charge in [-0.05, 0) is 32.2 Å². The van der Waals surface area contributed by atoms with Crippen LogP contribution in [-0.2, 0) is 24.0 Å². The first-order valence-corrected chi connectivity index (χ1v) is 8.21. The van der Waals surface area contributed by atoms with Gasteiger partial charge in [-0.3, -0.25) is 19.2 Å². The molecule has 1 aliphatic rings. The van der Waals surface area contributed by atoms with Crippen LogP contribution in [0.1, 0.15) is 38.5 Å². The van der Waals surface area contributed by atoms with Crippen LogP contribution in [0, 0.1) is 0 Å². The molecule has 0 spiro atoms. The molecule has 6 N–H and O–H groups in total. The van der Waals surface area contributed by atoms with Crippen molar-refractivity contribution in [2.45, 2.75) is 56.7 Å². The van der Waals surface area contributed by atoms with Crippen LogP contribution < -0.4 is 16.0 Å². The molecule has 1 fully saturated rings. The Morgan fingerprint density at radius 1 is 0.923 bits per heavy atom. The fraction of sp³-hybridized carbons (Fsp3) is 0.667. The monoisotopic (exact) mass is 373 g/mol. The van der Waals surface area contributed by atoms with Crippen LogP contribution >= 0.6 is 0 Å². The summed E-state index contributed by atoms with van der Waals surface area (Å²) >= 11 is 0. The topological polar surface area (TPSA) is 182 Å². The van der Waals surface area contributed by atoms with Crippen LogP contribution in [0.5, 0.6) is 0 Å². The summed E-state index contributed by atoms with van der Waals surface area (Å²) in [5, 5.41) is 34.1. The number of carbonyl (C=O) groups excluding carboxylic acids is 2. The highest BCUT2D eigenvalue weighted by Crippen LogP contribution is 2.07. The van der Waals surface area contributed by atoms with Crippen molar-refractivity contribution in [3.63, 3.8) is 0 Å². The Labute approximate surface area is 149 Å². The molecule has 3 atom stereocenters. The van der Waals surface area contributed by atoms with E-state index in [0.717, 1.165) is 6.42 Å². The number of aliphatic carboxylic acids is 3. The van der Waals surface area contributed by atoms with Crippen molar-refractivity contribution >= 4 is 29.7 Å². The van der Waals surface area contributed by atoms with Gasteiger partial charge in [0.25, 0.3) is 0 Å². The number of hydrogen-bond donors (Lipinski definition) is 6. The normalized spacial score (nSPS) is 18.5. The molecule has 1 heterocycles. The Kier molecular flexibility index (Phi) is 8.49. The SMILES string of the molecule is O=C(O)CC[C@H](NC(=O)[C@H](CCC(=O)O)NC(=O)[C@@H]1CCCN1)C(=O)O. The first-order valence-electron chi connectivity index (χ1n) is 8.21. The predicted molar refractivity (Wildman–Crippen MR) is 86.3 cm³/mol. The quantitative estimate of drug-likeness (QED) is 0.251. The van der Waals surface area contributed by atoms with Crippen LogP contribution in [0.25, 0.3) is 0 Å². The minimum Gasteiger partial charge on any atom is -0.481 e. The number of carboxylic acid groups (broad SMARTS) is 3. The Hall–Kier alpha value is -2.69. The lowest BCUT2D eigenvalue weighted by Gasteiger charge is -2.22. The minimum absolute atomic E-state index is 0.217. The maximum atomic E-state index is 12.3. The summed E-state index contributed by atoms with van der Waals surface area (Å²) in [4.78, 5) is 57.0. The lowest BCUT2D eigenvalue weighted by atomic mass is 10.1. The fourth-order valence-electron chi connectivity index (χ4n) is 2.51. The van der Waals surface area contributed by atoms with E-state index < -0.39 is 60.7 Å². The Balaban J connectivity index is 2.73.